The van der Waals surface area contributed by atoms with E-state index in [1.165, 1.54) is 0 Å². The lowest BCUT2D eigenvalue weighted by Gasteiger charge is -2.45. The Balaban J connectivity index is 0.00000241. The van der Waals surface area contributed by atoms with Crippen LogP contribution in [0.1, 0.15) is 50.1 Å². The van der Waals surface area contributed by atoms with Gasteiger partial charge >= 0.3 is 6.36 Å². The minimum Gasteiger partial charge on any atom is -0.405 e. The Labute approximate surface area is 229 Å². The maximum Gasteiger partial charge on any atom is 0.573 e. The highest BCUT2D eigenvalue weighted by atomic mass is 35.5. The lowest BCUT2D eigenvalue weighted by atomic mass is 9.82. The summed E-state index contributed by atoms with van der Waals surface area (Å²) in [6, 6.07) is 13.8. The summed E-state index contributed by atoms with van der Waals surface area (Å²) in [7, 11) is 3.55. The predicted octanol–water partition coefficient (Wildman–Crippen LogP) is 6.44. The standard InChI is InChI=1S/C27H35F3N2O3.2ClH/c1-31-19-24(34-2)32(17-16-26(33)14-7-4-8-15-26)18-23(31)22-13-9-12-21(20-10-5-3-6-11-20)25(22)35-27(28,29)30;;/h3,5-6,9-13,23-24,33H,4,7-8,14-19H2,1-2H3;2*1H. The molecule has 1 aliphatic heterocycles. The molecule has 2 aliphatic rings. The number of alkyl halides is 3. The van der Waals surface area contributed by atoms with Gasteiger partial charge in [0, 0.05) is 37.9 Å². The number of aliphatic hydroxyl groups is 1. The number of para-hydroxylation sites is 1. The Hall–Kier alpha value is -1.55. The zero-order chi connectivity index (χ0) is 25.1. The molecule has 4 rings (SSSR count). The highest BCUT2D eigenvalue weighted by Crippen LogP contribution is 2.42. The van der Waals surface area contributed by atoms with E-state index in [9.17, 15) is 18.3 Å². The van der Waals surface area contributed by atoms with Crippen LogP contribution >= 0.6 is 24.8 Å². The van der Waals surface area contributed by atoms with Crippen LogP contribution in [-0.4, -0.2) is 66.9 Å². The Morgan fingerprint density at radius 3 is 2.27 bits per heavy atom. The maximum absolute atomic E-state index is 13.5. The number of nitrogens with zero attached hydrogens (tertiary/aromatic N) is 2. The molecule has 1 saturated heterocycles. The van der Waals surface area contributed by atoms with Gasteiger partial charge in [-0.25, -0.2) is 0 Å². The van der Waals surface area contributed by atoms with Gasteiger partial charge < -0.3 is 14.6 Å². The van der Waals surface area contributed by atoms with Crippen molar-refractivity contribution in [3.05, 3.63) is 54.1 Å². The predicted molar refractivity (Wildman–Crippen MR) is 143 cm³/mol. The van der Waals surface area contributed by atoms with Crippen LogP contribution in [0.5, 0.6) is 5.75 Å². The van der Waals surface area contributed by atoms with Crippen LogP contribution in [0, 0.1) is 0 Å². The van der Waals surface area contributed by atoms with Crippen molar-refractivity contribution < 1.29 is 27.8 Å². The van der Waals surface area contributed by atoms with Crippen molar-refractivity contribution in [2.45, 2.75) is 62.8 Å². The lowest BCUT2D eigenvalue weighted by molar-refractivity contribution is -0.275. The molecule has 2 aromatic rings. The van der Waals surface area contributed by atoms with Crippen LogP contribution in [0.4, 0.5) is 13.2 Å². The lowest BCUT2D eigenvalue weighted by Crippen LogP contribution is -2.55. The fourth-order valence-electron chi connectivity index (χ4n) is 5.47. The molecule has 2 fully saturated rings. The first-order chi connectivity index (χ1) is 16.7. The highest BCUT2D eigenvalue weighted by Gasteiger charge is 2.39. The second kappa shape index (κ2) is 13.5. The van der Waals surface area contributed by atoms with Crippen molar-refractivity contribution in [1.82, 2.24) is 9.80 Å². The number of ether oxygens (including phenoxy) is 2. The van der Waals surface area contributed by atoms with E-state index in [1.807, 2.05) is 18.0 Å². The fraction of sp³-hybridized carbons (Fsp3) is 0.556. The van der Waals surface area contributed by atoms with E-state index in [2.05, 4.69) is 9.64 Å². The Morgan fingerprint density at radius 1 is 0.973 bits per heavy atom. The van der Waals surface area contributed by atoms with E-state index in [0.29, 0.717) is 42.7 Å². The van der Waals surface area contributed by atoms with Gasteiger partial charge in [0.25, 0.3) is 0 Å². The summed E-state index contributed by atoms with van der Waals surface area (Å²) in [5.74, 6) is -0.162. The van der Waals surface area contributed by atoms with Crippen LogP contribution in [-0.2, 0) is 4.74 Å². The average Bonchev–Trinajstić information content (AvgIpc) is 2.83. The quantitative estimate of drug-likeness (QED) is 0.419. The van der Waals surface area contributed by atoms with Gasteiger partial charge in [-0.15, -0.1) is 38.0 Å². The minimum absolute atomic E-state index is 0. The van der Waals surface area contributed by atoms with Crippen molar-refractivity contribution >= 4 is 24.8 Å². The van der Waals surface area contributed by atoms with Gasteiger partial charge in [-0.05, 0) is 31.9 Å². The Morgan fingerprint density at radius 2 is 1.65 bits per heavy atom. The van der Waals surface area contributed by atoms with Crippen LogP contribution in [0.3, 0.4) is 0 Å². The maximum atomic E-state index is 13.5. The van der Waals surface area contributed by atoms with E-state index in [4.69, 9.17) is 4.74 Å². The van der Waals surface area contributed by atoms with E-state index in [-0.39, 0.29) is 42.8 Å². The number of benzene rings is 2. The molecule has 2 aromatic carbocycles. The highest BCUT2D eigenvalue weighted by molar-refractivity contribution is 5.85. The molecule has 208 valence electrons. The van der Waals surface area contributed by atoms with Crippen molar-refractivity contribution in [2.24, 2.45) is 0 Å². The van der Waals surface area contributed by atoms with Crippen LogP contribution in [0.2, 0.25) is 0 Å². The summed E-state index contributed by atoms with van der Waals surface area (Å²) in [6.45, 7) is 1.62. The zero-order valence-electron chi connectivity index (χ0n) is 21.2. The van der Waals surface area contributed by atoms with Crippen molar-refractivity contribution in [1.29, 1.82) is 0 Å². The molecule has 10 heteroatoms. The third-order valence-electron chi connectivity index (χ3n) is 7.42. The average molecular weight is 566 g/mol. The number of hydrogen-bond acceptors (Lipinski definition) is 5. The molecule has 0 radical (unpaired) electrons. The van der Waals surface area contributed by atoms with Crippen molar-refractivity contribution in [3.8, 4) is 16.9 Å². The molecule has 0 amide bonds. The number of likely N-dealkylation sites (N-methyl/N-ethyl adjacent to an activating group) is 1. The molecule has 0 aromatic heterocycles. The summed E-state index contributed by atoms with van der Waals surface area (Å²) in [6.07, 6.45) is 0.409. The van der Waals surface area contributed by atoms with Gasteiger partial charge in [0.15, 0.2) is 0 Å². The van der Waals surface area contributed by atoms with Crippen LogP contribution < -0.4 is 4.74 Å². The SMILES string of the molecule is COC1CN(C)C(c2cccc(-c3ccccc3)c2OC(F)(F)F)CN1CCC1(O)CCCCC1.Cl.Cl. The molecule has 2 atom stereocenters. The van der Waals surface area contributed by atoms with E-state index in [1.54, 1.807) is 49.6 Å². The molecular formula is C27H37Cl2F3N2O3. The van der Waals surface area contributed by atoms with Crippen LogP contribution in [0.25, 0.3) is 11.1 Å². The number of hydrogen-bond donors (Lipinski definition) is 1. The molecule has 2 unspecified atom stereocenters. The number of rotatable bonds is 7. The van der Waals surface area contributed by atoms with Gasteiger partial charge in [0.05, 0.1) is 11.6 Å². The Kier molecular flexibility index (Phi) is 11.5. The number of methoxy groups -OCH3 is 1. The Bertz CT molecular complexity index is 975. The molecule has 5 nitrogen and oxygen atoms in total. The third kappa shape index (κ3) is 7.97. The van der Waals surface area contributed by atoms with E-state index < -0.39 is 12.0 Å². The van der Waals surface area contributed by atoms with Crippen molar-refractivity contribution in [3.63, 3.8) is 0 Å². The topological polar surface area (TPSA) is 45.2 Å². The normalized spacial score (nSPS) is 22.5. The van der Waals surface area contributed by atoms with Gasteiger partial charge in [-0.1, -0.05) is 67.8 Å². The van der Waals surface area contributed by atoms with Gasteiger partial charge in [-0.3, -0.25) is 9.80 Å². The smallest absolute Gasteiger partial charge is 0.405 e. The monoisotopic (exact) mass is 564 g/mol. The first-order valence-corrected chi connectivity index (χ1v) is 12.3. The molecular weight excluding hydrogens is 528 g/mol. The number of piperazine rings is 1. The van der Waals surface area contributed by atoms with Crippen molar-refractivity contribution in [2.75, 3.05) is 33.8 Å². The van der Waals surface area contributed by atoms with Crippen LogP contribution in [0.15, 0.2) is 48.5 Å². The van der Waals surface area contributed by atoms with E-state index in [0.717, 1.165) is 32.1 Å². The fourth-order valence-corrected chi connectivity index (χ4v) is 5.47. The minimum atomic E-state index is -4.81. The third-order valence-corrected chi connectivity index (χ3v) is 7.42. The van der Waals surface area contributed by atoms with Gasteiger partial charge in [-0.2, -0.15) is 0 Å². The van der Waals surface area contributed by atoms with E-state index >= 15 is 0 Å². The first kappa shape index (κ1) is 31.7. The summed E-state index contributed by atoms with van der Waals surface area (Å²) in [5.41, 5.74) is 0.888. The molecule has 0 bridgehead atoms. The number of halogens is 5. The molecule has 0 spiro atoms. The van der Waals surface area contributed by atoms with Gasteiger partial charge in [0.2, 0.25) is 0 Å². The second-order valence-corrected chi connectivity index (χ2v) is 9.81. The molecule has 1 heterocycles. The second-order valence-electron chi connectivity index (χ2n) is 9.81. The summed E-state index contributed by atoms with van der Waals surface area (Å²) in [4.78, 5) is 4.16. The summed E-state index contributed by atoms with van der Waals surface area (Å²) < 4.78 is 51.0. The molecule has 1 saturated carbocycles. The molecule has 37 heavy (non-hydrogen) atoms. The summed E-state index contributed by atoms with van der Waals surface area (Å²) in [5, 5.41) is 11.0. The molecule has 1 aliphatic carbocycles. The summed E-state index contributed by atoms with van der Waals surface area (Å²) >= 11 is 0. The molecule has 1 N–H and O–H groups in total. The first-order valence-electron chi connectivity index (χ1n) is 12.3. The largest absolute Gasteiger partial charge is 0.573 e. The van der Waals surface area contributed by atoms with Gasteiger partial charge in [0.1, 0.15) is 12.0 Å². The zero-order valence-corrected chi connectivity index (χ0v) is 22.9.